The molecule has 1 unspecified atom stereocenters. The number of nitrogens with one attached hydrogen (secondary N) is 1. The first kappa shape index (κ1) is 21.4. The molecule has 1 fully saturated rings. The van der Waals surface area contributed by atoms with E-state index in [1.165, 1.54) is 17.2 Å². The van der Waals surface area contributed by atoms with Gasteiger partial charge in [-0.15, -0.1) is 0 Å². The van der Waals surface area contributed by atoms with Crippen LogP contribution in [0.2, 0.25) is 0 Å². The highest BCUT2D eigenvalue weighted by molar-refractivity contribution is 9.11. The van der Waals surface area contributed by atoms with E-state index >= 15 is 0 Å². The number of halogens is 2. The molecule has 0 aliphatic carbocycles. The van der Waals surface area contributed by atoms with Crippen LogP contribution >= 0.6 is 31.9 Å². The molecule has 0 radical (unpaired) electrons. The molecule has 4 N–H and O–H groups in total. The summed E-state index contributed by atoms with van der Waals surface area (Å²) in [4.78, 5) is 12.9. The lowest BCUT2D eigenvalue weighted by molar-refractivity contribution is -0.0511. The van der Waals surface area contributed by atoms with Crippen LogP contribution in [0, 0.1) is 0 Å². The molecule has 0 saturated carbocycles. The van der Waals surface area contributed by atoms with Crippen LogP contribution in [0.5, 0.6) is 5.75 Å². The molecule has 0 amide bonds. The van der Waals surface area contributed by atoms with E-state index in [1.807, 2.05) is 12.1 Å². The summed E-state index contributed by atoms with van der Waals surface area (Å²) < 4.78 is 14.1. The minimum absolute atomic E-state index is 0.407. The number of methoxy groups -OCH3 is 1. The summed E-state index contributed by atoms with van der Waals surface area (Å²) in [5.74, 6) is 1.22. The van der Waals surface area contributed by atoms with Crippen LogP contribution in [0.15, 0.2) is 33.7 Å². The second-order valence-corrected chi connectivity index (χ2v) is 8.43. The van der Waals surface area contributed by atoms with E-state index < -0.39 is 31.1 Å². The zero-order chi connectivity index (χ0) is 21.4. The van der Waals surface area contributed by atoms with E-state index in [0.29, 0.717) is 29.3 Å². The lowest BCUT2D eigenvalue weighted by Gasteiger charge is -2.16. The van der Waals surface area contributed by atoms with Crippen molar-refractivity contribution in [3.63, 3.8) is 0 Å². The standard InChI is InChI=1S/C18H19Br2N5O5/c1-29-15-9(19)2-8(3-10(15)20)4-21-16-12-17(23-6-22-16)25(7-24-12)18-14(28)13(27)11(5-26)30-18/h2-3,6-7,11,13-14,18,26-28H,4-5H2,1H3,(H,21,22,23)/t11-,13-,14-,18?/m1/s1. The van der Waals surface area contributed by atoms with Crippen molar-refractivity contribution in [3.8, 4) is 5.75 Å². The molecule has 30 heavy (non-hydrogen) atoms. The van der Waals surface area contributed by atoms with Gasteiger partial charge >= 0.3 is 0 Å². The van der Waals surface area contributed by atoms with Gasteiger partial charge in [0, 0.05) is 6.54 Å². The molecular weight excluding hydrogens is 526 g/mol. The Hall–Kier alpha value is -1.83. The van der Waals surface area contributed by atoms with Gasteiger partial charge in [-0.05, 0) is 49.6 Å². The first-order valence-electron chi connectivity index (χ1n) is 9.00. The molecule has 4 rings (SSSR count). The summed E-state index contributed by atoms with van der Waals surface area (Å²) in [6.45, 7) is 0.0597. The van der Waals surface area contributed by atoms with Crippen molar-refractivity contribution in [2.24, 2.45) is 0 Å². The highest BCUT2D eigenvalue weighted by Crippen LogP contribution is 2.35. The summed E-state index contributed by atoms with van der Waals surface area (Å²) in [6.07, 6.45) is -1.38. The predicted octanol–water partition coefficient (Wildman–Crippen LogP) is 1.58. The first-order chi connectivity index (χ1) is 14.4. The predicted molar refractivity (Wildman–Crippen MR) is 114 cm³/mol. The second kappa shape index (κ2) is 8.73. The van der Waals surface area contributed by atoms with Crippen LogP contribution in [-0.4, -0.2) is 66.9 Å². The van der Waals surface area contributed by atoms with Gasteiger partial charge in [0.2, 0.25) is 0 Å². The fourth-order valence-electron chi connectivity index (χ4n) is 3.37. The summed E-state index contributed by atoms with van der Waals surface area (Å²) in [5, 5.41) is 32.9. The number of anilines is 1. The highest BCUT2D eigenvalue weighted by atomic mass is 79.9. The third-order valence-corrected chi connectivity index (χ3v) is 6.05. The van der Waals surface area contributed by atoms with Crippen molar-refractivity contribution in [1.29, 1.82) is 0 Å². The first-order valence-corrected chi connectivity index (χ1v) is 10.6. The van der Waals surface area contributed by atoms with Gasteiger partial charge in [-0.1, -0.05) is 0 Å². The molecule has 1 aromatic carbocycles. The number of aliphatic hydroxyl groups is 3. The fraction of sp³-hybridized carbons (Fsp3) is 0.389. The Morgan fingerprint density at radius 3 is 2.53 bits per heavy atom. The number of aromatic nitrogens is 4. The van der Waals surface area contributed by atoms with Crippen molar-refractivity contribution in [3.05, 3.63) is 39.3 Å². The molecule has 0 bridgehead atoms. The molecule has 1 saturated heterocycles. The fourth-order valence-corrected chi connectivity index (χ4v) is 4.98. The lowest BCUT2D eigenvalue weighted by atomic mass is 10.1. The Kier molecular flexibility index (Phi) is 6.23. The zero-order valence-corrected chi connectivity index (χ0v) is 18.9. The van der Waals surface area contributed by atoms with Crippen molar-refractivity contribution in [1.82, 2.24) is 19.5 Å². The van der Waals surface area contributed by atoms with Gasteiger partial charge in [0.05, 0.1) is 29.0 Å². The Bertz CT molecular complexity index is 1040. The van der Waals surface area contributed by atoms with Crippen LogP contribution in [-0.2, 0) is 11.3 Å². The minimum atomic E-state index is -1.22. The van der Waals surface area contributed by atoms with E-state index in [1.54, 1.807) is 7.11 Å². The Labute approximate surface area is 188 Å². The van der Waals surface area contributed by atoms with Crippen molar-refractivity contribution < 1.29 is 24.8 Å². The number of ether oxygens (including phenoxy) is 2. The van der Waals surface area contributed by atoms with Crippen molar-refractivity contribution >= 4 is 48.8 Å². The van der Waals surface area contributed by atoms with Gasteiger partial charge in [0.1, 0.15) is 30.4 Å². The molecule has 1 aliphatic heterocycles. The summed E-state index contributed by atoms with van der Waals surface area (Å²) >= 11 is 6.97. The van der Waals surface area contributed by atoms with Crippen LogP contribution in [0.1, 0.15) is 11.8 Å². The van der Waals surface area contributed by atoms with Crippen LogP contribution in [0.4, 0.5) is 5.82 Å². The largest absolute Gasteiger partial charge is 0.494 e. The van der Waals surface area contributed by atoms with Crippen LogP contribution in [0.3, 0.4) is 0 Å². The second-order valence-electron chi connectivity index (χ2n) is 6.72. The number of rotatable bonds is 6. The van der Waals surface area contributed by atoms with Gasteiger partial charge < -0.3 is 30.1 Å². The number of benzene rings is 1. The molecule has 160 valence electrons. The Morgan fingerprint density at radius 2 is 1.90 bits per heavy atom. The highest BCUT2D eigenvalue weighted by Gasteiger charge is 2.44. The number of imidazole rings is 1. The lowest BCUT2D eigenvalue weighted by Crippen LogP contribution is -2.33. The smallest absolute Gasteiger partial charge is 0.167 e. The molecule has 3 aromatic rings. The van der Waals surface area contributed by atoms with Gasteiger partial charge in [-0.3, -0.25) is 4.57 Å². The average molecular weight is 545 g/mol. The van der Waals surface area contributed by atoms with Gasteiger partial charge in [-0.2, -0.15) is 0 Å². The summed E-state index contributed by atoms with van der Waals surface area (Å²) in [7, 11) is 1.60. The average Bonchev–Trinajstić information content (AvgIpc) is 3.28. The molecule has 12 heteroatoms. The molecule has 1 aliphatic rings. The Morgan fingerprint density at radius 1 is 1.17 bits per heavy atom. The van der Waals surface area contributed by atoms with E-state index in [0.717, 1.165) is 14.5 Å². The minimum Gasteiger partial charge on any atom is -0.494 e. The monoisotopic (exact) mass is 543 g/mol. The number of nitrogens with zero attached hydrogens (tertiary/aromatic N) is 4. The zero-order valence-electron chi connectivity index (χ0n) is 15.7. The van der Waals surface area contributed by atoms with Crippen LogP contribution in [0.25, 0.3) is 11.2 Å². The topological polar surface area (TPSA) is 135 Å². The Balaban J connectivity index is 1.59. The molecule has 10 nitrogen and oxygen atoms in total. The van der Waals surface area contributed by atoms with Gasteiger partial charge in [-0.25, -0.2) is 15.0 Å². The summed E-state index contributed by atoms with van der Waals surface area (Å²) in [6, 6.07) is 3.87. The number of aliphatic hydroxyl groups excluding tert-OH is 3. The molecule has 2 aromatic heterocycles. The molecule has 4 atom stereocenters. The number of fused-ring (bicyclic) bond motifs is 1. The van der Waals surface area contributed by atoms with Gasteiger partial charge in [0.15, 0.2) is 23.2 Å². The molecule has 3 heterocycles. The maximum Gasteiger partial charge on any atom is 0.167 e. The molecular formula is C18H19Br2N5O5. The normalized spacial score (nSPS) is 23.8. The van der Waals surface area contributed by atoms with E-state index in [4.69, 9.17) is 9.47 Å². The van der Waals surface area contributed by atoms with E-state index in [2.05, 4.69) is 52.1 Å². The maximum absolute atomic E-state index is 10.3. The van der Waals surface area contributed by atoms with E-state index in [9.17, 15) is 15.3 Å². The SMILES string of the molecule is COc1c(Br)cc(CNc2ncnc3c2ncn3C2O[C@H](CO)[C@@H](O)[C@H]2O)cc1Br. The third-order valence-electron chi connectivity index (χ3n) is 4.87. The number of hydrogen-bond donors (Lipinski definition) is 4. The maximum atomic E-state index is 10.3. The van der Waals surface area contributed by atoms with Crippen molar-refractivity contribution in [2.45, 2.75) is 31.1 Å². The molecule has 0 spiro atoms. The van der Waals surface area contributed by atoms with Gasteiger partial charge in [0.25, 0.3) is 0 Å². The quantitative estimate of drug-likeness (QED) is 0.365. The summed E-state index contributed by atoms with van der Waals surface area (Å²) in [5.41, 5.74) is 1.89. The number of hydrogen-bond acceptors (Lipinski definition) is 9. The van der Waals surface area contributed by atoms with E-state index in [-0.39, 0.29) is 0 Å². The third kappa shape index (κ3) is 3.79. The van der Waals surface area contributed by atoms with Crippen molar-refractivity contribution in [2.75, 3.05) is 19.0 Å². The van der Waals surface area contributed by atoms with Crippen LogP contribution < -0.4 is 10.1 Å².